The predicted octanol–water partition coefficient (Wildman–Crippen LogP) is 3.85. The summed E-state index contributed by atoms with van der Waals surface area (Å²) in [6.07, 6.45) is 3.49. The van der Waals surface area contributed by atoms with Crippen LogP contribution in [0.2, 0.25) is 0 Å². The number of hydrogen-bond donors (Lipinski definition) is 1. The van der Waals surface area contributed by atoms with Gasteiger partial charge < -0.3 is 19.7 Å². The van der Waals surface area contributed by atoms with Gasteiger partial charge in [0.15, 0.2) is 0 Å². The van der Waals surface area contributed by atoms with Gasteiger partial charge in [-0.15, -0.1) is 0 Å². The number of benzene rings is 1. The van der Waals surface area contributed by atoms with Gasteiger partial charge in [0.25, 0.3) is 5.56 Å². The Hall–Kier alpha value is -3.39. The van der Waals surface area contributed by atoms with Crippen LogP contribution in [-0.2, 0) is 11.3 Å². The van der Waals surface area contributed by atoms with Crippen molar-refractivity contribution in [2.75, 3.05) is 33.4 Å². The lowest BCUT2D eigenvalue weighted by atomic mass is 10.1. The number of amides is 1. The average molecular weight is 493 g/mol. The van der Waals surface area contributed by atoms with Crippen LogP contribution in [0.3, 0.4) is 0 Å². The van der Waals surface area contributed by atoms with E-state index in [1.54, 1.807) is 25.3 Å². The highest BCUT2D eigenvalue weighted by atomic mass is 16.5. The summed E-state index contributed by atoms with van der Waals surface area (Å²) < 4.78 is 12.7. The third kappa shape index (κ3) is 6.43. The zero-order valence-corrected chi connectivity index (χ0v) is 21.7. The normalized spacial score (nSPS) is 14.2. The molecule has 4 rings (SSSR count). The van der Waals surface area contributed by atoms with Crippen molar-refractivity contribution in [3.63, 3.8) is 0 Å². The van der Waals surface area contributed by atoms with Crippen molar-refractivity contribution < 1.29 is 14.3 Å². The molecule has 0 saturated carbocycles. The first-order valence-electron chi connectivity index (χ1n) is 12.6. The lowest BCUT2D eigenvalue weighted by Crippen LogP contribution is -2.43. The fourth-order valence-corrected chi connectivity index (χ4v) is 4.54. The molecule has 1 saturated heterocycles. The molecule has 2 aromatic heterocycles. The van der Waals surface area contributed by atoms with Crippen LogP contribution in [0.25, 0.3) is 22.2 Å². The topological polar surface area (TPSA) is 85.7 Å². The molecule has 0 atom stereocenters. The second-order valence-electron chi connectivity index (χ2n) is 10.3. The number of ether oxygens (including phenoxy) is 2. The Morgan fingerprint density at radius 1 is 1.11 bits per heavy atom. The molecule has 0 bridgehead atoms. The number of carbonyl (C=O) groups excluding carboxylic acids is 1. The van der Waals surface area contributed by atoms with Crippen LogP contribution >= 0.6 is 0 Å². The first-order valence-corrected chi connectivity index (χ1v) is 12.6. The minimum Gasteiger partial charge on any atom is -0.494 e. The van der Waals surface area contributed by atoms with Crippen molar-refractivity contribution in [1.29, 1.82) is 0 Å². The highest BCUT2D eigenvalue weighted by molar-refractivity contribution is 5.87. The maximum absolute atomic E-state index is 13.7. The molecule has 8 heteroatoms. The number of nitrogens with zero attached hydrogens (tertiary/aromatic N) is 3. The number of carbonyl (C=O) groups is 1. The molecule has 1 aliphatic rings. The van der Waals surface area contributed by atoms with Crippen molar-refractivity contribution in [3.8, 4) is 23.0 Å². The molecular formula is C28H36N4O4. The summed E-state index contributed by atoms with van der Waals surface area (Å²) in [5, 5.41) is 4.20. The first-order chi connectivity index (χ1) is 17.2. The highest BCUT2D eigenvalue weighted by Gasteiger charge is 2.19. The number of likely N-dealkylation sites (tertiary alicyclic amines) is 1. The predicted molar refractivity (Wildman–Crippen MR) is 142 cm³/mol. The van der Waals surface area contributed by atoms with E-state index in [4.69, 9.17) is 9.47 Å². The van der Waals surface area contributed by atoms with Crippen molar-refractivity contribution in [2.45, 2.75) is 52.1 Å². The zero-order chi connectivity index (χ0) is 25.7. The molecule has 192 valence electrons. The van der Waals surface area contributed by atoms with Gasteiger partial charge in [0.05, 0.1) is 30.5 Å². The molecule has 1 fully saturated rings. The minimum atomic E-state index is -0.415. The Balaban J connectivity index is 1.65. The van der Waals surface area contributed by atoms with Gasteiger partial charge in [0, 0.05) is 18.2 Å². The van der Waals surface area contributed by atoms with Crippen LogP contribution in [0.5, 0.6) is 11.6 Å². The van der Waals surface area contributed by atoms with E-state index in [2.05, 4.69) is 15.2 Å². The Labute approximate surface area is 212 Å². The lowest BCUT2D eigenvalue weighted by molar-refractivity contribution is -0.123. The Bertz CT molecular complexity index is 1270. The fourth-order valence-electron chi connectivity index (χ4n) is 4.54. The molecule has 1 aromatic carbocycles. The number of rotatable bonds is 9. The molecule has 0 aliphatic carbocycles. The van der Waals surface area contributed by atoms with E-state index >= 15 is 0 Å². The summed E-state index contributed by atoms with van der Waals surface area (Å²) in [7, 11) is 1.54. The van der Waals surface area contributed by atoms with Crippen LogP contribution in [0.4, 0.5) is 0 Å². The quantitative estimate of drug-likeness (QED) is 0.457. The van der Waals surface area contributed by atoms with Gasteiger partial charge in [0.1, 0.15) is 12.3 Å². The Kier molecular flexibility index (Phi) is 7.94. The lowest BCUT2D eigenvalue weighted by Gasteiger charge is -2.22. The van der Waals surface area contributed by atoms with Crippen molar-refractivity contribution in [2.24, 2.45) is 0 Å². The van der Waals surface area contributed by atoms with Crippen molar-refractivity contribution in [1.82, 2.24) is 19.8 Å². The highest BCUT2D eigenvalue weighted by Crippen LogP contribution is 2.25. The van der Waals surface area contributed by atoms with Crippen LogP contribution in [-0.4, -0.2) is 59.2 Å². The smallest absolute Gasteiger partial charge is 0.259 e. The van der Waals surface area contributed by atoms with E-state index in [0.717, 1.165) is 18.4 Å². The van der Waals surface area contributed by atoms with Crippen molar-refractivity contribution >= 4 is 16.7 Å². The van der Waals surface area contributed by atoms with E-state index in [9.17, 15) is 9.59 Å². The molecule has 1 amide bonds. The third-order valence-electron chi connectivity index (χ3n) is 6.18. The van der Waals surface area contributed by atoms with E-state index in [0.29, 0.717) is 35.0 Å². The van der Waals surface area contributed by atoms with E-state index in [1.165, 1.54) is 30.5 Å². The molecule has 36 heavy (non-hydrogen) atoms. The molecule has 0 unspecified atom stereocenters. The number of pyridine rings is 2. The standard InChI is InChI=1S/C28H36N4O4/c1-28(2,3)30-25(33)19-32-24(23-9-7-10-26(29-23)35-4)17-20-11-12-21(18-22(20)27(32)34)36-16-8-15-31-13-5-6-14-31/h7,9-12,17-18H,5-6,8,13-16,19H2,1-4H3,(H,30,33). The van der Waals surface area contributed by atoms with Crippen molar-refractivity contribution in [3.05, 3.63) is 52.8 Å². The second-order valence-corrected chi connectivity index (χ2v) is 10.3. The molecule has 1 N–H and O–H groups in total. The van der Waals surface area contributed by atoms with Gasteiger partial charge in [0.2, 0.25) is 11.8 Å². The van der Waals surface area contributed by atoms with Crippen LogP contribution in [0, 0.1) is 0 Å². The van der Waals surface area contributed by atoms with E-state index in [-0.39, 0.29) is 18.0 Å². The number of aromatic nitrogens is 2. The molecular weight excluding hydrogens is 456 g/mol. The summed E-state index contributed by atoms with van der Waals surface area (Å²) >= 11 is 0. The van der Waals surface area contributed by atoms with Gasteiger partial charge in [-0.3, -0.25) is 14.2 Å². The number of hydrogen-bond acceptors (Lipinski definition) is 6. The van der Waals surface area contributed by atoms with Crippen LogP contribution < -0.4 is 20.3 Å². The summed E-state index contributed by atoms with van der Waals surface area (Å²) in [5.41, 5.74) is 0.426. The van der Waals surface area contributed by atoms with E-state index < -0.39 is 5.54 Å². The fraction of sp³-hybridized carbons (Fsp3) is 0.464. The summed E-state index contributed by atoms with van der Waals surface area (Å²) in [4.78, 5) is 33.5. The summed E-state index contributed by atoms with van der Waals surface area (Å²) in [5.74, 6) is 0.838. The Morgan fingerprint density at radius 2 is 1.89 bits per heavy atom. The van der Waals surface area contributed by atoms with Gasteiger partial charge in [-0.25, -0.2) is 4.98 Å². The number of fused-ring (bicyclic) bond motifs is 1. The van der Waals surface area contributed by atoms with Crippen LogP contribution in [0.15, 0.2) is 47.3 Å². The SMILES string of the molecule is COc1cccc(-c2cc3ccc(OCCCN4CCCC4)cc3c(=O)n2CC(=O)NC(C)(C)C)n1. The summed E-state index contributed by atoms with van der Waals surface area (Å²) in [6, 6.07) is 12.8. The monoisotopic (exact) mass is 492 g/mol. The average Bonchev–Trinajstić information content (AvgIpc) is 3.36. The summed E-state index contributed by atoms with van der Waals surface area (Å²) in [6.45, 7) is 9.56. The van der Waals surface area contributed by atoms with Gasteiger partial charge >= 0.3 is 0 Å². The molecule has 8 nitrogen and oxygen atoms in total. The molecule has 0 spiro atoms. The molecule has 3 aromatic rings. The number of nitrogens with one attached hydrogen (secondary N) is 1. The number of methoxy groups -OCH3 is 1. The van der Waals surface area contributed by atoms with Gasteiger partial charge in [-0.2, -0.15) is 0 Å². The maximum Gasteiger partial charge on any atom is 0.259 e. The first kappa shape index (κ1) is 25.7. The minimum absolute atomic E-state index is 0.124. The molecule has 0 radical (unpaired) electrons. The van der Waals surface area contributed by atoms with Gasteiger partial charge in [-0.1, -0.05) is 12.1 Å². The zero-order valence-electron chi connectivity index (χ0n) is 21.7. The van der Waals surface area contributed by atoms with Crippen LogP contribution in [0.1, 0.15) is 40.0 Å². The maximum atomic E-state index is 13.7. The molecule has 3 heterocycles. The van der Waals surface area contributed by atoms with Gasteiger partial charge in [-0.05, 0) is 82.8 Å². The molecule has 1 aliphatic heterocycles. The second kappa shape index (κ2) is 11.1. The Morgan fingerprint density at radius 3 is 2.61 bits per heavy atom. The third-order valence-corrected chi connectivity index (χ3v) is 6.18. The van der Waals surface area contributed by atoms with E-state index in [1.807, 2.05) is 45.0 Å². The largest absolute Gasteiger partial charge is 0.494 e.